The van der Waals surface area contributed by atoms with Gasteiger partial charge in [0.25, 0.3) is 0 Å². The van der Waals surface area contributed by atoms with Crippen LogP contribution in [0.1, 0.15) is 11.3 Å². The highest BCUT2D eigenvalue weighted by Crippen LogP contribution is 2.06. The molecule has 0 bridgehead atoms. The van der Waals surface area contributed by atoms with Crippen molar-refractivity contribution < 1.29 is 34.5 Å². The van der Waals surface area contributed by atoms with E-state index in [4.69, 9.17) is 10.8 Å². The van der Waals surface area contributed by atoms with Gasteiger partial charge >= 0.3 is 5.97 Å². The van der Waals surface area contributed by atoms with Crippen LogP contribution in [0.4, 0.5) is 0 Å². The van der Waals surface area contributed by atoms with Crippen molar-refractivity contribution in [3.05, 3.63) is 54.1 Å². The number of imidazole rings is 1. The van der Waals surface area contributed by atoms with E-state index in [1.807, 2.05) is 0 Å². The zero-order valence-corrected chi connectivity index (χ0v) is 18.2. The van der Waals surface area contributed by atoms with Crippen LogP contribution in [0, 0.1) is 0 Å². The molecule has 184 valence electrons. The maximum atomic E-state index is 13.0. The van der Waals surface area contributed by atoms with Crippen LogP contribution in [0.3, 0.4) is 0 Å². The van der Waals surface area contributed by atoms with Crippen molar-refractivity contribution in [3.8, 4) is 0 Å². The molecule has 0 aliphatic carbocycles. The van der Waals surface area contributed by atoms with Gasteiger partial charge in [0.15, 0.2) is 0 Å². The number of amides is 3. The van der Waals surface area contributed by atoms with E-state index >= 15 is 0 Å². The number of aromatic amines is 1. The molecule has 3 amide bonds. The molecule has 1 aromatic heterocycles. The Hall–Kier alpha value is -3.81. The summed E-state index contributed by atoms with van der Waals surface area (Å²) in [7, 11) is 0. The molecule has 13 nitrogen and oxygen atoms in total. The first kappa shape index (κ1) is 26.4. The van der Waals surface area contributed by atoms with Crippen LogP contribution in [0.5, 0.6) is 0 Å². The van der Waals surface area contributed by atoms with Crippen LogP contribution < -0.4 is 21.7 Å². The van der Waals surface area contributed by atoms with Gasteiger partial charge in [-0.05, 0) is 5.56 Å². The summed E-state index contributed by atoms with van der Waals surface area (Å²) in [6.45, 7) is -1.48. The maximum absolute atomic E-state index is 13.0. The quantitative estimate of drug-likeness (QED) is 0.148. The van der Waals surface area contributed by atoms with E-state index in [9.17, 15) is 29.4 Å². The Bertz CT molecular complexity index is 954. The highest BCUT2D eigenvalue weighted by Gasteiger charge is 2.30. The standard InChI is InChI=1S/C21H28N6O7/c22-14(9-28)18(30)27-17(10-29)20(32)25-15(7-13-8-23-11-24-13)19(31)26-16(21(33)34)6-12-4-2-1-3-5-12/h1-5,8,11,14-17,28-29H,6-7,9-10,22H2,(H,23,24)(H,25,32)(H,26,31)(H,27,30)(H,33,34). The zero-order chi connectivity index (χ0) is 25.1. The van der Waals surface area contributed by atoms with Crippen molar-refractivity contribution in [1.82, 2.24) is 25.9 Å². The average molecular weight is 476 g/mol. The lowest BCUT2D eigenvalue weighted by molar-refractivity contribution is -0.142. The van der Waals surface area contributed by atoms with Crippen molar-refractivity contribution in [2.75, 3.05) is 13.2 Å². The van der Waals surface area contributed by atoms with Crippen molar-refractivity contribution in [2.24, 2.45) is 5.73 Å². The molecule has 9 N–H and O–H groups in total. The summed E-state index contributed by atoms with van der Waals surface area (Å²) in [5.41, 5.74) is 6.56. The van der Waals surface area contributed by atoms with Gasteiger partial charge in [0.2, 0.25) is 17.7 Å². The second kappa shape index (κ2) is 13.0. The maximum Gasteiger partial charge on any atom is 0.326 e. The monoisotopic (exact) mass is 476 g/mol. The number of hydrogen-bond acceptors (Lipinski definition) is 8. The number of aliphatic carboxylic acids is 1. The van der Waals surface area contributed by atoms with Crippen LogP contribution in [0.2, 0.25) is 0 Å². The number of aliphatic hydroxyl groups is 2. The van der Waals surface area contributed by atoms with Gasteiger partial charge in [0.1, 0.15) is 24.2 Å². The van der Waals surface area contributed by atoms with Gasteiger partial charge in [0.05, 0.1) is 19.5 Å². The fourth-order valence-corrected chi connectivity index (χ4v) is 2.98. The van der Waals surface area contributed by atoms with Gasteiger partial charge in [-0.2, -0.15) is 0 Å². The third kappa shape index (κ3) is 7.95. The van der Waals surface area contributed by atoms with E-state index in [0.29, 0.717) is 11.3 Å². The number of rotatable bonds is 13. The lowest BCUT2D eigenvalue weighted by Crippen LogP contribution is -2.59. The van der Waals surface area contributed by atoms with E-state index in [1.165, 1.54) is 12.5 Å². The Morgan fingerprint density at radius 3 is 2.06 bits per heavy atom. The smallest absolute Gasteiger partial charge is 0.326 e. The topological polar surface area (TPSA) is 220 Å². The first-order valence-electron chi connectivity index (χ1n) is 10.4. The second-order valence-electron chi connectivity index (χ2n) is 7.46. The first-order valence-corrected chi connectivity index (χ1v) is 10.4. The van der Waals surface area contributed by atoms with Crippen molar-refractivity contribution >= 4 is 23.7 Å². The summed E-state index contributed by atoms with van der Waals surface area (Å²) in [6.07, 6.45) is 2.74. The number of carbonyl (C=O) groups excluding carboxylic acids is 3. The molecule has 0 aliphatic heterocycles. The van der Waals surface area contributed by atoms with E-state index in [-0.39, 0.29) is 12.8 Å². The van der Waals surface area contributed by atoms with Gasteiger partial charge in [-0.25, -0.2) is 9.78 Å². The summed E-state index contributed by atoms with van der Waals surface area (Å²) in [4.78, 5) is 55.9. The predicted octanol–water partition coefficient (Wildman–Crippen LogP) is -2.95. The molecule has 13 heteroatoms. The Kier molecular flexibility index (Phi) is 10.1. The number of hydrogen-bond donors (Lipinski definition) is 8. The summed E-state index contributed by atoms with van der Waals surface area (Å²) in [6, 6.07) is 3.40. The average Bonchev–Trinajstić information content (AvgIpc) is 3.34. The summed E-state index contributed by atoms with van der Waals surface area (Å²) in [5.74, 6) is -3.83. The van der Waals surface area contributed by atoms with Gasteiger partial charge in [0, 0.05) is 24.7 Å². The van der Waals surface area contributed by atoms with E-state index in [2.05, 4.69) is 25.9 Å². The molecule has 4 unspecified atom stereocenters. The molecule has 2 aromatic rings. The molecule has 34 heavy (non-hydrogen) atoms. The number of H-pyrrole nitrogens is 1. The third-order valence-electron chi connectivity index (χ3n) is 4.86. The van der Waals surface area contributed by atoms with Crippen molar-refractivity contribution in [3.63, 3.8) is 0 Å². The molecule has 1 heterocycles. The number of aliphatic hydroxyl groups excluding tert-OH is 2. The van der Waals surface area contributed by atoms with E-state index < -0.39 is 61.1 Å². The van der Waals surface area contributed by atoms with E-state index in [1.54, 1.807) is 30.3 Å². The van der Waals surface area contributed by atoms with Crippen LogP contribution in [0.15, 0.2) is 42.9 Å². The van der Waals surface area contributed by atoms with Crippen molar-refractivity contribution in [2.45, 2.75) is 37.0 Å². The van der Waals surface area contributed by atoms with Gasteiger partial charge in [-0.3, -0.25) is 14.4 Å². The molecule has 1 aromatic carbocycles. The Morgan fingerprint density at radius 1 is 0.882 bits per heavy atom. The van der Waals surface area contributed by atoms with Crippen LogP contribution in [-0.4, -0.2) is 86.4 Å². The lowest BCUT2D eigenvalue weighted by atomic mass is 10.0. The number of aromatic nitrogens is 2. The molecule has 2 rings (SSSR count). The molecule has 4 atom stereocenters. The molecule has 0 saturated carbocycles. The zero-order valence-electron chi connectivity index (χ0n) is 18.2. The minimum atomic E-state index is -1.46. The summed E-state index contributed by atoms with van der Waals surface area (Å²) < 4.78 is 0. The fourth-order valence-electron chi connectivity index (χ4n) is 2.98. The molecule has 0 saturated heterocycles. The number of nitrogens with two attached hydrogens (primary N) is 1. The third-order valence-corrected chi connectivity index (χ3v) is 4.86. The minimum Gasteiger partial charge on any atom is -0.480 e. The van der Waals surface area contributed by atoms with Crippen LogP contribution in [-0.2, 0) is 32.0 Å². The SMILES string of the molecule is NC(CO)C(=O)NC(CO)C(=O)NC(Cc1cnc[nH]1)C(=O)NC(Cc1ccccc1)C(=O)O. The predicted molar refractivity (Wildman–Crippen MR) is 118 cm³/mol. The van der Waals surface area contributed by atoms with Gasteiger partial charge < -0.3 is 42.0 Å². The van der Waals surface area contributed by atoms with Crippen LogP contribution in [0.25, 0.3) is 0 Å². The highest BCUT2D eigenvalue weighted by molar-refractivity contribution is 5.94. The molecular formula is C21H28N6O7. The second-order valence-corrected chi connectivity index (χ2v) is 7.46. The van der Waals surface area contributed by atoms with E-state index in [0.717, 1.165) is 0 Å². The minimum absolute atomic E-state index is 0.0149. The number of carboxylic acid groups (broad SMARTS) is 1. The van der Waals surface area contributed by atoms with Gasteiger partial charge in [-0.1, -0.05) is 30.3 Å². The fraction of sp³-hybridized carbons (Fsp3) is 0.381. The normalized spacial score (nSPS) is 14.3. The molecule has 0 fully saturated rings. The number of carboxylic acids is 1. The Balaban J connectivity index is 2.15. The number of nitrogens with zero attached hydrogens (tertiary/aromatic N) is 1. The Labute approximate surface area is 194 Å². The van der Waals surface area contributed by atoms with Gasteiger partial charge in [-0.15, -0.1) is 0 Å². The highest BCUT2D eigenvalue weighted by atomic mass is 16.4. The van der Waals surface area contributed by atoms with Crippen LogP contribution >= 0.6 is 0 Å². The first-order chi connectivity index (χ1) is 16.2. The number of benzene rings is 1. The van der Waals surface area contributed by atoms with Crippen molar-refractivity contribution in [1.29, 1.82) is 0 Å². The Morgan fingerprint density at radius 2 is 1.50 bits per heavy atom. The molecular weight excluding hydrogens is 448 g/mol. The summed E-state index contributed by atoms with van der Waals surface area (Å²) in [5, 5.41) is 35.1. The number of carbonyl (C=O) groups is 4. The number of nitrogens with one attached hydrogen (secondary N) is 4. The summed E-state index contributed by atoms with van der Waals surface area (Å²) >= 11 is 0. The molecule has 0 aliphatic rings. The molecule has 0 spiro atoms. The molecule has 0 radical (unpaired) electrons. The lowest BCUT2D eigenvalue weighted by Gasteiger charge is -2.24. The largest absolute Gasteiger partial charge is 0.480 e.